The van der Waals surface area contributed by atoms with E-state index < -0.39 is 0 Å². The summed E-state index contributed by atoms with van der Waals surface area (Å²) in [6.45, 7) is 2.60. The van der Waals surface area contributed by atoms with E-state index in [4.69, 9.17) is 0 Å². The average Bonchev–Trinajstić information content (AvgIpc) is 3.22. The number of halogens is 1. The number of hydrogen-bond donors (Lipinski definition) is 0. The van der Waals surface area contributed by atoms with Crippen LogP contribution >= 0.6 is 35.1 Å². The third-order valence-electron chi connectivity index (χ3n) is 4.76. The molecule has 4 heteroatoms. The molecule has 4 rings (SSSR count). The molecule has 22 heavy (non-hydrogen) atoms. The highest BCUT2D eigenvalue weighted by Gasteiger charge is 2.31. The molecule has 2 fully saturated rings. The lowest BCUT2D eigenvalue weighted by Crippen LogP contribution is -2.44. The lowest BCUT2D eigenvalue weighted by atomic mass is 9.84. The first-order valence-corrected chi connectivity index (χ1v) is 9.74. The van der Waals surface area contributed by atoms with Gasteiger partial charge in [-0.25, -0.2) is 0 Å². The van der Waals surface area contributed by atoms with Gasteiger partial charge in [0.15, 0.2) is 0 Å². The van der Waals surface area contributed by atoms with Crippen LogP contribution in [0.4, 0.5) is 0 Å². The maximum absolute atomic E-state index is 2.74. The number of nitrogens with zero attached hydrogens (tertiary/aromatic N) is 1. The minimum Gasteiger partial charge on any atom is -0.297 e. The van der Waals surface area contributed by atoms with Gasteiger partial charge >= 0.3 is 0 Å². The molecule has 4 heterocycles. The van der Waals surface area contributed by atoms with Gasteiger partial charge in [-0.2, -0.15) is 0 Å². The van der Waals surface area contributed by atoms with Gasteiger partial charge in [0.1, 0.15) is 0 Å². The number of hydrogen-bond acceptors (Lipinski definition) is 3. The van der Waals surface area contributed by atoms with Crippen molar-refractivity contribution in [3.8, 4) is 0 Å². The van der Waals surface area contributed by atoms with E-state index >= 15 is 0 Å². The molecule has 1 nitrogen and oxygen atoms in total. The van der Waals surface area contributed by atoms with E-state index in [1.165, 1.54) is 54.9 Å². The fourth-order valence-corrected chi connectivity index (χ4v) is 5.57. The summed E-state index contributed by atoms with van der Waals surface area (Å²) in [7, 11) is 0. The summed E-state index contributed by atoms with van der Waals surface area (Å²) < 4.78 is 0. The largest absolute Gasteiger partial charge is 0.297 e. The van der Waals surface area contributed by atoms with Crippen LogP contribution in [0.5, 0.6) is 0 Å². The lowest BCUT2D eigenvalue weighted by Gasteiger charge is -2.42. The molecule has 0 N–H and O–H groups in total. The van der Waals surface area contributed by atoms with Crippen molar-refractivity contribution in [2.45, 2.75) is 38.1 Å². The Bertz CT molecular complexity index is 577. The smallest absolute Gasteiger partial charge is 0.0357 e. The fourth-order valence-electron chi connectivity index (χ4n) is 3.86. The molecular weight excluding hydrogens is 330 g/mol. The summed E-state index contributed by atoms with van der Waals surface area (Å²) in [6, 6.07) is 9.68. The Kier molecular flexibility index (Phi) is 5.40. The molecule has 0 aliphatic carbocycles. The quantitative estimate of drug-likeness (QED) is 0.672. The molecule has 118 valence electrons. The van der Waals surface area contributed by atoms with Crippen molar-refractivity contribution in [2.24, 2.45) is 0 Å². The third-order valence-corrected chi connectivity index (χ3v) is 6.54. The molecule has 0 spiro atoms. The minimum atomic E-state index is 0. The van der Waals surface area contributed by atoms with Gasteiger partial charge in [-0.05, 0) is 67.2 Å². The summed E-state index contributed by atoms with van der Waals surface area (Å²) in [5, 5.41) is 4.43. The number of piperidine rings is 2. The van der Waals surface area contributed by atoms with Crippen LogP contribution in [0.1, 0.15) is 41.9 Å². The van der Waals surface area contributed by atoms with Crippen LogP contribution in [0.25, 0.3) is 5.57 Å². The van der Waals surface area contributed by atoms with E-state index in [0.717, 1.165) is 0 Å². The van der Waals surface area contributed by atoms with Gasteiger partial charge in [-0.15, -0.1) is 35.1 Å². The molecule has 0 aromatic carbocycles. The lowest BCUT2D eigenvalue weighted by molar-refractivity contribution is 0.148. The summed E-state index contributed by atoms with van der Waals surface area (Å²) in [5.74, 6) is 0. The standard InChI is InChI=1S/C18H21NS2.ClH/c1-2-10-19-11-3-6-14(15(19)7-1)18(16-8-4-12-20-16)17-9-5-13-21-17;/h4-5,8-9,12-13,15H,1-3,6-7,10-11H2;1H. The van der Waals surface area contributed by atoms with Gasteiger partial charge in [0.2, 0.25) is 0 Å². The zero-order valence-electron chi connectivity index (χ0n) is 12.7. The number of rotatable bonds is 2. The molecule has 2 saturated heterocycles. The Hall–Kier alpha value is -0.610. The van der Waals surface area contributed by atoms with Gasteiger partial charge in [0.25, 0.3) is 0 Å². The maximum Gasteiger partial charge on any atom is 0.0357 e. The summed E-state index contributed by atoms with van der Waals surface area (Å²) in [4.78, 5) is 5.66. The normalized spacial score (nSPS) is 22.0. The molecule has 0 amide bonds. The highest BCUT2D eigenvalue weighted by Crippen LogP contribution is 2.40. The van der Waals surface area contributed by atoms with E-state index in [1.807, 2.05) is 22.7 Å². The van der Waals surface area contributed by atoms with Gasteiger partial charge in [0, 0.05) is 21.4 Å². The first-order chi connectivity index (χ1) is 10.4. The Morgan fingerprint density at radius 2 is 1.64 bits per heavy atom. The van der Waals surface area contributed by atoms with Crippen molar-refractivity contribution in [1.29, 1.82) is 0 Å². The predicted molar refractivity (Wildman–Crippen MR) is 100 cm³/mol. The third kappa shape index (κ3) is 3.05. The van der Waals surface area contributed by atoms with Crippen molar-refractivity contribution >= 4 is 40.7 Å². The zero-order chi connectivity index (χ0) is 14.1. The molecular formula is C18H22ClNS2. The second kappa shape index (κ2) is 7.31. The Morgan fingerprint density at radius 1 is 0.955 bits per heavy atom. The van der Waals surface area contributed by atoms with Crippen LogP contribution in [0.3, 0.4) is 0 Å². The van der Waals surface area contributed by atoms with Gasteiger partial charge in [0.05, 0.1) is 0 Å². The molecule has 2 aliphatic heterocycles. The summed E-state index contributed by atoms with van der Waals surface area (Å²) in [5.41, 5.74) is 3.27. The first kappa shape index (κ1) is 16.3. The van der Waals surface area contributed by atoms with Crippen LogP contribution < -0.4 is 0 Å². The Labute approximate surface area is 147 Å². The Morgan fingerprint density at radius 3 is 2.27 bits per heavy atom. The van der Waals surface area contributed by atoms with Crippen LogP contribution in [0.15, 0.2) is 40.6 Å². The van der Waals surface area contributed by atoms with Gasteiger partial charge < -0.3 is 0 Å². The van der Waals surface area contributed by atoms with Crippen molar-refractivity contribution in [1.82, 2.24) is 4.90 Å². The summed E-state index contributed by atoms with van der Waals surface area (Å²) >= 11 is 3.79. The fraction of sp³-hybridized carbons (Fsp3) is 0.444. The molecule has 0 bridgehead atoms. The van der Waals surface area contributed by atoms with Crippen LogP contribution in [0, 0.1) is 0 Å². The topological polar surface area (TPSA) is 3.24 Å². The molecule has 2 aromatic rings. The van der Waals surface area contributed by atoms with E-state index in [0.29, 0.717) is 6.04 Å². The molecule has 2 aromatic heterocycles. The van der Waals surface area contributed by atoms with Crippen LogP contribution in [-0.4, -0.2) is 24.0 Å². The monoisotopic (exact) mass is 351 g/mol. The number of thiophene rings is 2. The molecule has 0 saturated carbocycles. The number of fused-ring (bicyclic) bond motifs is 1. The molecule has 2 aliphatic rings. The Balaban J connectivity index is 0.00000144. The second-order valence-corrected chi connectivity index (χ2v) is 7.90. The highest BCUT2D eigenvalue weighted by molar-refractivity contribution is 7.13. The molecule has 1 atom stereocenters. The molecule has 0 radical (unpaired) electrons. The molecule has 1 unspecified atom stereocenters. The van der Waals surface area contributed by atoms with Crippen molar-refractivity contribution in [3.63, 3.8) is 0 Å². The SMILES string of the molecule is Cl.c1csc(C(=C2CCCN3CCCCC23)c2cccs2)c1. The zero-order valence-corrected chi connectivity index (χ0v) is 15.1. The first-order valence-electron chi connectivity index (χ1n) is 7.98. The minimum absolute atomic E-state index is 0. The van der Waals surface area contributed by atoms with E-state index in [-0.39, 0.29) is 12.4 Å². The van der Waals surface area contributed by atoms with E-state index in [9.17, 15) is 0 Å². The average molecular weight is 352 g/mol. The van der Waals surface area contributed by atoms with Crippen molar-refractivity contribution in [3.05, 3.63) is 50.4 Å². The van der Waals surface area contributed by atoms with E-state index in [1.54, 1.807) is 11.1 Å². The highest BCUT2D eigenvalue weighted by atomic mass is 35.5. The van der Waals surface area contributed by atoms with Crippen LogP contribution in [0.2, 0.25) is 0 Å². The maximum atomic E-state index is 2.74. The predicted octanol–water partition coefficient (Wildman–Crippen LogP) is 5.68. The van der Waals surface area contributed by atoms with Crippen molar-refractivity contribution < 1.29 is 0 Å². The van der Waals surface area contributed by atoms with Crippen molar-refractivity contribution in [2.75, 3.05) is 13.1 Å². The summed E-state index contributed by atoms with van der Waals surface area (Å²) in [6.07, 6.45) is 6.75. The second-order valence-electron chi connectivity index (χ2n) is 6.01. The van der Waals surface area contributed by atoms with E-state index in [2.05, 4.69) is 39.9 Å². The van der Waals surface area contributed by atoms with Gasteiger partial charge in [-0.1, -0.05) is 18.6 Å². The van der Waals surface area contributed by atoms with Crippen LogP contribution in [-0.2, 0) is 0 Å². The van der Waals surface area contributed by atoms with Gasteiger partial charge in [-0.3, -0.25) is 4.90 Å².